The van der Waals surface area contributed by atoms with Crippen LogP contribution in [0.4, 0.5) is 0 Å². The molecule has 1 aliphatic rings. The molecule has 76 valence electrons. The molecule has 0 aromatic heterocycles. The Morgan fingerprint density at radius 3 is 2.69 bits per heavy atom. The number of hydrogen-bond acceptors (Lipinski definition) is 4. The molecule has 0 radical (unpaired) electrons. The first kappa shape index (κ1) is 10.8. The third-order valence-electron chi connectivity index (χ3n) is 2.42. The molecular weight excluding hydrogens is 190 g/mol. The van der Waals surface area contributed by atoms with E-state index in [0.29, 0.717) is 19.4 Å². The highest BCUT2D eigenvalue weighted by molar-refractivity contribution is 8.00. The molecule has 0 saturated carbocycles. The smallest absolute Gasteiger partial charge is 0.250 e. The highest BCUT2D eigenvalue weighted by atomic mass is 32.2. The van der Waals surface area contributed by atoms with Gasteiger partial charge in [0.25, 0.3) is 6.04 Å². The van der Waals surface area contributed by atoms with Gasteiger partial charge in [-0.1, -0.05) is 13.8 Å². The minimum Gasteiger partial charge on any atom is -0.356 e. The maximum atomic E-state index is 10.8. The molecular formula is C8H15NO3S. The van der Waals surface area contributed by atoms with Crippen molar-refractivity contribution in [2.45, 2.75) is 37.7 Å². The summed E-state index contributed by atoms with van der Waals surface area (Å²) in [5.74, 6) is 0.873. The molecule has 4 nitrogen and oxygen atoms in total. The summed E-state index contributed by atoms with van der Waals surface area (Å²) in [4.78, 5) is 10.0. The molecule has 5 heteroatoms. The van der Waals surface area contributed by atoms with E-state index in [-0.39, 0.29) is 4.92 Å². The normalized spacial score (nSPS) is 30.3. The molecule has 0 bridgehead atoms. The first-order valence-corrected chi connectivity index (χ1v) is 5.56. The van der Waals surface area contributed by atoms with E-state index in [1.165, 1.54) is 0 Å². The van der Waals surface area contributed by atoms with E-state index in [9.17, 15) is 10.1 Å². The Bertz CT molecular complexity index is 192. The summed E-state index contributed by atoms with van der Waals surface area (Å²) in [6.07, 6.45) is 1.24. The lowest BCUT2D eigenvalue weighted by atomic mass is 10.1. The summed E-state index contributed by atoms with van der Waals surface area (Å²) in [5, 5.41) is 10.8. The van der Waals surface area contributed by atoms with Gasteiger partial charge in [-0.25, -0.2) is 0 Å². The molecule has 1 saturated heterocycles. The summed E-state index contributed by atoms with van der Waals surface area (Å²) in [6, 6.07) is -0.565. The lowest BCUT2D eigenvalue weighted by Gasteiger charge is -2.27. The minimum atomic E-state index is -0.565. The van der Waals surface area contributed by atoms with E-state index < -0.39 is 11.0 Å². The van der Waals surface area contributed by atoms with Crippen LogP contribution in [-0.4, -0.2) is 28.3 Å². The highest BCUT2D eigenvalue weighted by Crippen LogP contribution is 2.40. The van der Waals surface area contributed by atoms with Crippen LogP contribution >= 0.6 is 11.8 Å². The van der Waals surface area contributed by atoms with Gasteiger partial charge in [-0.2, -0.15) is 0 Å². The van der Waals surface area contributed by atoms with Crippen molar-refractivity contribution >= 4 is 11.8 Å². The van der Waals surface area contributed by atoms with E-state index in [1.54, 1.807) is 11.8 Å². The lowest BCUT2D eigenvalue weighted by Crippen LogP contribution is -2.43. The number of rotatable bonds is 4. The van der Waals surface area contributed by atoms with Crippen LogP contribution in [0.5, 0.6) is 0 Å². The van der Waals surface area contributed by atoms with Gasteiger partial charge in [0.1, 0.15) is 0 Å². The van der Waals surface area contributed by atoms with Gasteiger partial charge in [0, 0.05) is 17.1 Å². The summed E-state index contributed by atoms with van der Waals surface area (Å²) in [7, 11) is 0. The zero-order valence-corrected chi connectivity index (χ0v) is 8.80. The van der Waals surface area contributed by atoms with Crippen LogP contribution in [0.1, 0.15) is 26.7 Å². The Balaban J connectivity index is 2.78. The van der Waals surface area contributed by atoms with Crippen LogP contribution in [0, 0.1) is 10.1 Å². The van der Waals surface area contributed by atoms with E-state index in [4.69, 9.17) is 4.74 Å². The quantitative estimate of drug-likeness (QED) is 0.519. The Morgan fingerprint density at radius 1 is 1.69 bits per heavy atom. The Morgan fingerprint density at radius 2 is 2.38 bits per heavy atom. The molecule has 1 aliphatic heterocycles. The minimum absolute atomic E-state index is 0.207. The van der Waals surface area contributed by atoms with Gasteiger partial charge in [-0.15, -0.1) is 11.8 Å². The Hall–Kier alpha value is -0.290. The molecule has 1 heterocycles. The molecule has 0 aliphatic carbocycles. The van der Waals surface area contributed by atoms with Crippen molar-refractivity contribution in [2.75, 3.05) is 12.4 Å². The molecule has 2 atom stereocenters. The number of hydrogen-bond donors (Lipinski definition) is 0. The van der Waals surface area contributed by atoms with Crippen LogP contribution in [0.25, 0.3) is 0 Å². The van der Waals surface area contributed by atoms with Gasteiger partial charge in [0.2, 0.25) is 0 Å². The number of nitro groups is 1. The summed E-state index contributed by atoms with van der Waals surface area (Å²) >= 11 is 1.59. The first-order chi connectivity index (χ1) is 6.16. The standard InChI is InChI=1S/C8H15NO3S/c1-3-7(9(10)11)8(4-2)12-5-6-13-8/h7H,3-6H2,1-2H3/t7-,8-/m0/s1. The van der Waals surface area contributed by atoms with Crippen LogP contribution in [0.3, 0.4) is 0 Å². The fourth-order valence-corrected chi connectivity index (χ4v) is 3.05. The topological polar surface area (TPSA) is 52.4 Å². The molecule has 1 rings (SSSR count). The van der Waals surface area contributed by atoms with Crippen LogP contribution in [-0.2, 0) is 4.74 Å². The molecule has 0 aromatic carbocycles. The average Bonchev–Trinajstić information content (AvgIpc) is 2.55. The third kappa shape index (κ3) is 1.96. The van der Waals surface area contributed by atoms with Crippen molar-refractivity contribution in [3.8, 4) is 0 Å². The summed E-state index contributed by atoms with van der Waals surface area (Å²) in [6.45, 7) is 4.43. The third-order valence-corrected chi connectivity index (χ3v) is 3.96. The fraction of sp³-hybridized carbons (Fsp3) is 1.00. The second-order valence-corrected chi connectivity index (χ2v) is 4.46. The number of ether oxygens (including phenoxy) is 1. The molecule has 1 fully saturated rings. The monoisotopic (exact) mass is 205 g/mol. The van der Waals surface area contributed by atoms with Gasteiger partial charge in [-0.3, -0.25) is 10.1 Å². The van der Waals surface area contributed by atoms with Crippen molar-refractivity contribution in [2.24, 2.45) is 0 Å². The summed E-state index contributed by atoms with van der Waals surface area (Å²) in [5.41, 5.74) is 0. The van der Waals surface area contributed by atoms with Crippen molar-refractivity contribution in [3.63, 3.8) is 0 Å². The maximum absolute atomic E-state index is 10.8. The van der Waals surface area contributed by atoms with Crippen molar-refractivity contribution in [3.05, 3.63) is 10.1 Å². The molecule has 0 aromatic rings. The second-order valence-electron chi connectivity index (χ2n) is 3.07. The molecule has 0 unspecified atom stereocenters. The largest absolute Gasteiger partial charge is 0.356 e. The zero-order valence-electron chi connectivity index (χ0n) is 7.99. The van der Waals surface area contributed by atoms with Gasteiger partial charge in [0.15, 0.2) is 4.93 Å². The van der Waals surface area contributed by atoms with Gasteiger partial charge in [0.05, 0.1) is 6.61 Å². The van der Waals surface area contributed by atoms with Crippen LogP contribution < -0.4 is 0 Å². The molecule has 0 spiro atoms. The first-order valence-electron chi connectivity index (χ1n) is 4.57. The van der Waals surface area contributed by atoms with E-state index in [2.05, 4.69) is 0 Å². The SMILES string of the molecule is CC[C@H]([N+](=O)[O-])[C@@]1(CC)OCCS1. The van der Waals surface area contributed by atoms with Crippen LogP contribution in [0.15, 0.2) is 0 Å². The predicted octanol–water partition coefficient (Wildman–Crippen LogP) is 1.91. The lowest BCUT2D eigenvalue weighted by molar-refractivity contribution is -0.539. The predicted molar refractivity (Wildman–Crippen MR) is 52.5 cm³/mol. The van der Waals surface area contributed by atoms with E-state index in [1.807, 2.05) is 13.8 Å². The van der Waals surface area contributed by atoms with E-state index >= 15 is 0 Å². The molecule has 13 heavy (non-hydrogen) atoms. The zero-order chi connectivity index (χ0) is 9.90. The van der Waals surface area contributed by atoms with Crippen molar-refractivity contribution in [1.82, 2.24) is 0 Å². The van der Waals surface area contributed by atoms with E-state index in [0.717, 1.165) is 5.75 Å². The maximum Gasteiger partial charge on any atom is 0.250 e. The Kier molecular flexibility index (Phi) is 3.55. The fourth-order valence-electron chi connectivity index (χ4n) is 1.72. The average molecular weight is 205 g/mol. The second kappa shape index (κ2) is 4.28. The van der Waals surface area contributed by atoms with Gasteiger partial charge < -0.3 is 4.74 Å². The number of nitrogens with zero attached hydrogens (tertiary/aromatic N) is 1. The molecule has 0 N–H and O–H groups in total. The molecule has 0 amide bonds. The number of thioether (sulfide) groups is 1. The van der Waals surface area contributed by atoms with Gasteiger partial charge >= 0.3 is 0 Å². The van der Waals surface area contributed by atoms with Crippen molar-refractivity contribution in [1.29, 1.82) is 0 Å². The van der Waals surface area contributed by atoms with Crippen molar-refractivity contribution < 1.29 is 9.66 Å². The highest BCUT2D eigenvalue weighted by Gasteiger charge is 2.48. The van der Waals surface area contributed by atoms with Crippen LogP contribution in [0.2, 0.25) is 0 Å². The summed E-state index contributed by atoms with van der Waals surface area (Å²) < 4.78 is 5.53. The Labute approximate surface area is 82.2 Å². The van der Waals surface area contributed by atoms with Gasteiger partial charge in [-0.05, 0) is 6.42 Å².